The van der Waals surface area contributed by atoms with Crippen LogP contribution in [0.3, 0.4) is 0 Å². The molecule has 16 heavy (non-hydrogen) atoms. The van der Waals surface area contributed by atoms with Crippen LogP contribution in [0, 0.1) is 0 Å². The number of hydrogen-bond donors (Lipinski definition) is 1. The van der Waals surface area contributed by atoms with Gasteiger partial charge in [-0.2, -0.15) is 0 Å². The molecule has 0 unspecified atom stereocenters. The Balaban J connectivity index is 1.72. The van der Waals surface area contributed by atoms with Crippen molar-refractivity contribution in [1.29, 1.82) is 0 Å². The number of β-amino-alcohol motifs (C(OH)–C–C–N with tert-alkyl or cyclic N) is 1. The van der Waals surface area contributed by atoms with Crippen molar-refractivity contribution >= 4 is 0 Å². The second-order valence-electron chi connectivity index (χ2n) is 4.89. The Bertz CT molecular complexity index is 342. The van der Waals surface area contributed by atoms with Crippen LogP contribution in [-0.2, 0) is 13.5 Å². The summed E-state index contributed by atoms with van der Waals surface area (Å²) in [4.78, 5) is 6.59. The number of aromatic nitrogens is 2. The Morgan fingerprint density at radius 3 is 2.81 bits per heavy atom. The molecule has 0 spiro atoms. The lowest BCUT2D eigenvalue weighted by molar-refractivity contribution is -0.102. The number of aryl methyl sites for hydroxylation is 1. The lowest BCUT2D eigenvalue weighted by atomic mass is 9.89. The lowest BCUT2D eigenvalue weighted by Crippen LogP contribution is -2.61. The normalized spacial score (nSPS) is 19.7. The molecule has 1 fully saturated rings. The van der Waals surface area contributed by atoms with Crippen LogP contribution in [0.25, 0.3) is 0 Å². The summed E-state index contributed by atoms with van der Waals surface area (Å²) in [5.74, 6) is 1.12. The highest BCUT2D eigenvalue weighted by Gasteiger charge is 2.39. The number of likely N-dealkylation sites (tertiary alicyclic amines) is 1. The summed E-state index contributed by atoms with van der Waals surface area (Å²) in [6, 6.07) is 0. The van der Waals surface area contributed by atoms with E-state index in [0.29, 0.717) is 0 Å². The first-order valence-electron chi connectivity index (χ1n) is 6.04. The van der Waals surface area contributed by atoms with Gasteiger partial charge in [0.25, 0.3) is 0 Å². The maximum atomic E-state index is 10.0. The first-order chi connectivity index (χ1) is 7.63. The molecular formula is C12H21N3O. The van der Waals surface area contributed by atoms with E-state index in [1.807, 2.05) is 19.4 Å². The average molecular weight is 223 g/mol. The van der Waals surface area contributed by atoms with Gasteiger partial charge in [0, 0.05) is 45.5 Å². The molecule has 1 saturated heterocycles. The number of rotatable bonds is 5. The number of nitrogens with zero attached hydrogens (tertiary/aromatic N) is 3. The highest BCUT2D eigenvalue weighted by Crippen LogP contribution is 2.25. The molecule has 0 bridgehead atoms. The topological polar surface area (TPSA) is 41.3 Å². The van der Waals surface area contributed by atoms with E-state index < -0.39 is 5.60 Å². The van der Waals surface area contributed by atoms with Gasteiger partial charge < -0.3 is 9.67 Å². The van der Waals surface area contributed by atoms with Crippen molar-refractivity contribution in [3.63, 3.8) is 0 Å². The van der Waals surface area contributed by atoms with Gasteiger partial charge in [-0.3, -0.25) is 4.90 Å². The van der Waals surface area contributed by atoms with Crippen LogP contribution in [0.4, 0.5) is 0 Å². The lowest BCUT2D eigenvalue weighted by Gasteiger charge is -2.46. The zero-order valence-corrected chi connectivity index (χ0v) is 10.2. The molecule has 0 aromatic carbocycles. The predicted molar refractivity (Wildman–Crippen MR) is 63.2 cm³/mol. The molecule has 1 aromatic heterocycles. The second-order valence-corrected chi connectivity index (χ2v) is 4.89. The minimum Gasteiger partial charge on any atom is -0.387 e. The van der Waals surface area contributed by atoms with Gasteiger partial charge in [0.1, 0.15) is 5.82 Å². The van der Waals surface area contributed by atoms with Crippen molar-refractivity contribution in [3.05, 3.63) is 18.2 Å². The molecule has 2 rings (SSSR count). The summed E-state index contributed by atoms with van der Waals surface area (Å²) in [5, 5.41) is 10.0. The SMILES string of the molecule is CCCC1(O)CN(CCc2nccn2C)C1. The molecule has 2 heterocycles. The molecule has 1 aromatic rings. The first-order valence-corrected chi connectivity index (χ1v) is 6.04. The van der Waals surface area contributed by atoms with Crippen molar-refractivity contribution in [2.45, 2.75) is 31.8 Å². The second kappa shape index (κ2) is 4.55. The van der Waals surface area contributed by atoms with Crippen molar-refractivity contribution in [2.24, 2.45) is 7.05 Å². The van der Waals surface area contributed by atoms with Gasteiger partial charge in [-0.15, -0.1) is 0 Å². The van der Waals surface area contributed by atoms with Crippen molar-refractivity contribution < 1.29 is 5.11 Å². The average Bonchev–Trinajstić information content (AvgIpc) is 2.58. The van der Waals surface area contributed by atoms with Crippen LogP contribution in [-0.4, -0.2) is 44.8 Å². The molecule has 1 N–H and O–H groups in total. The van der Waals surface area contributed by atoms with Gasteiger partial charge in [-0.05, 0) is 6.42 Å². The number of imidazole rings is 1. The Kier molecular flexibility index (Phi) is 3.30. The van der Waals surface area contributed by atoms with Crippen LogP contribution in [0.5, 0.6) is 0 Å². The zero-order valence-electron chi connectivity index (χ0n) is 10.2. The zero-order chi connectivity index (χ0) is 11.6. The number of aliphatic hydroxyl groups is 1. The molecule has 0 amide bonds. The summed E-state index contributed by atoms with van der Waals surface area (Å²) < 4.78 is 2.05. The van der Waals surface area contributed by atoms with Gasteiger partial charge in [-0.25, -0.2) is 4.98 Å². The Labute approximate surface area is 96.9 Å². The van der Waals surface area contributed by atoms with E-state index in [1.54, 1.807) is 0 Å². The van der Waals surface area contributed by atoms with Crippen LogP contribution >= 0.6 is 0 Å². The molecule has 0 atom stereocenters. The predicted octanol–water partition coefficient (Wildman–Crippen LogP) is 0.809. The Morgan fingerprint density at radius 2 is 2.25 bits per heavy atom. The molecule has 0 saturated carbocycles. The van der Waals surface area contributed by atoms with Gasteiger partial charge >= 0.3 is 0 Å². The molecule has 90 valence electrons. The highest BCUT2D eigenvalue weighted by atomic mass is 16.3. The van der Waals surface area contributed by atoms with Crippen LogP contribution in [0.15, 0.2) is 12.4 Å². The maximum absolute atomic E-state index is 10.0. The minimum atomic E-state index is -0.406. The third kappa shape index (κ3) is 2.44. The quantitative estimate of drug-likeness (QED) is 0.803. The highest BCUT2D eigenvalue weighted by molar-refractivity contribution is 4.97. The first kappa shape index (κ1) is 11.6. The van der Waals surface area contributed by atoms with E-state index in [9.17, 15) is 5.11 Å². The molecule has 0 aliphatic carbocycles. The largest absolute Gasteiger partial charge is 0.387 e. The summed E-state index contributed by atoms with van der Waals surface area (Å²) in [5.41, 5.74) is -0.406. The van der Waals surface area contributed by atoms with Crippen molar-refractivity contribution in [3.8, 4) is 0 Å². The van der Waals surface area contributed by atoms with Gasteiger partial charge in [0.2, 0.25) is 0 Å². The monoisotopic (exact) mass is 223 g/mol. The smallest absolute Gasteiger partial charge is 0.109 e. The summed E-state index contributed by atoms with van der Waals surface area (Å²) in [6.07, 6.45) is 6.75. The fourth-order valence-corrected chi connectivity index (χ4v) is 2.46. The molecule has 0 radical (unpaired) electrons. The van der Waals surface area contributed by atoms with E-state index in [-0.39, 0.29) is 0 Å². The third-order valence-electron chi connectivity index (χ3n) is 3.32. The van der Waals surface area contributed by atoms with E-state index >= 15 is 0 Å². The molecule has 1 aliphatic rings. The number of hydrogen-bond acceptors (Lipinski definition) is 3. The Hall–Kier alpha value is -0.870. The van der Waals surface area contributed by atoms with E-state index in [4.69, 9.17) is 0 Å². The summed E-state index contributed by atoms with van der Waals surface area (Å²) in [6.45, 7) is 4.77. The Morgan fingerprint density at radius 1 is 1.50 bits per heavy atom. The molecule has 4 heteroatoms. The fraction of sp³-hybridized carbons (Fsp3) is 0.750. The van der Waals surface area contributed by atoms with Gasteiger partial charge in [-0.1, -0.05) is 13.3 Å². The summed E-state index contributed by atoms with van der Waals surface area (Å²) in [7, 11) is 2.02. The maximum Gasteiger partial charge on any atom is 0.109 e. The van der Waals surface area contributed by atoms with Gasteiger partial charge in [0.15, 0.2) is 0 Å². The van der Waals surface area contributed by atoms with Crippen molar-refractivity contribution in [1.82, 2.24) is 14.5 Å². The van der Waals surface area contributed by atoms with Crippen LogP contribution < -0.4 is 0 Å². The minimum absolute atomic E-state index is 0.406. The third-order valence-corrected chi connectivity index (χ3v) is 3.32. The summed E-state index contributed by atoms with van der Waals surface area (Å²) >= 11 is 0. The van der Waals surface area contributed by atoms with E-state index in [0.717, 1.165) is 44.7 Å². The molecular weight excluding hydrogens is 202 g/mol. The van der Waals surface area contributed by atoms with Gasteiger partial charge in [0.05, 0.1) is 5.60 Å². The molecule has 4 nitrogen and oxygen atoms in total. The standard InChI is InChI=1S/C12H21N3O/c1-3-5-12(16)9-15(10-12)7-4-11-13-6-8-14(11)2/h6,8,16H,3-5,7,9-10H2,1-2H3. The van der Waals surface area contributed by atoms with E-state index in [1.165, 1.54) is 0 Å². The molecule has 1 aliphatic heterocycles. The fourth-order valence-electron chi connectivity index (χ4n) is 2.46. The van der Waals surface area contributed by atoms with E-state index in [2.05, 4.69) is 21.4 Å². The van der Waals surface area contributed by atoms with Crippen molar-refractivity contribution in [2.75, 3.05) is 19.6 Å². The van der Waals surface area contributed by atoms with Crippen LogP contribution in [0.2, 0.25) is 0 Å². The van der Waals surface area contributed by atoms with Crippen LogP contribution in [0.1, 0.15) is 25.6 Å².